The Kier molecular flexibility index (Phi) is 6.84. The summed E-state index contributed by atoms with van der Waals surface area (Å²) in [6.45, 7) is 0.230. The summed E-state index contributed by atoms with van der Waals surface area (Å²) < 4.78 is 5.38. The zero-order valence-electron chi connectivity index (χ0n) is 19.7. The number of nitrogens with one attached hydrogen (secondary N) is 2. The van der Waals surface area contributed by atoms with Crippen LogP contribution in [-0.2, 0) is 6.54 Å². The molecule has 0 aliphatic heterocycles. The molecule has 2 aliphatic rings. The van der Waals surface area contributed by atoms with Crippen molar-refractivity contribution in [1.29, 1.82) is 0 Å². The number of amides is 2. The molecule has 5 rings (SSSR count). The molecule has 3 aromatic rings. The first-order valence-electron chi connectivity index (χ1n) is 12.5. The number of rotatable bonds is 8. The Hall–Kier alpha value is -3.61. The van der Waals surface area contributed by atoms with Gasteiger partial charge in [0.1, 0.15) is 11.5 Å². The van der Waals surface area contributed by atoms with Crippen LogP contribution in [0.5, 0.6) is 5.75 Å². The Morgan fingerprint density at radius 1 is 0.971 bits per heavy atom. The number of carbonyl (C=O) groups excluding carboxylic acids is 2. The van der Waals surface area contributed by atoms with Gasteiger partial charge in [-0.05, 0) is 55.4 Å². The molecule has 0 bridgehead atoms. The standard InChI is InChI=1S/C28H31N3O4/c32-24-12-5-4-9-22(24)17-29-27(33)21-11-6-10-20(15-21)26(19-7-2-1-3-8-19)30-28(34)23-16-25(35-31-23)18-13-14-18/h4-6,9-12,15-16,18-19,26,32H,1-3,7-8,13-14,17H2,(H,29,33)(H,30,34). The van der Waals surface area contributed by atoms with Crippen LogP contribution in [0.15, 0.2) is 59.1 Å². The number of aromatic hydroxyl groups is 1. The summed E-state index contributed by atoms with van der Waals surface area (Å²) in [6.07, 6.45) is 7.70. The average Bonchev–Trinajstić information content (AvgIpc) is 3.63. The fraction of sp³-hybridized carbons (Fsp3) is 0.393. The van der Waals surface area contributed by atoms with Gasteiger partial charge in [0.25, 0.3) is 11.8 Å². The Morgan fingerprint density at radius 3 is 2.54 bits per heavy atom. The monoisotopic (exact) mass is 473 g/mol. The maximum Gasteiger partial charge on any atom is 0.273 e. The van der Waals surface area contributed by atoms with Crippen LogP contribution in [0, 0.1) is 5.92 Å². The van der Waals surface area contributed by atoms with Crippen LogP contribution in [0.25, 0.3) is 0 Å². The molecule has 0 radical (unpaired) electrons. The van der Waals surface area contributed by atoms with Gasteiger partial charge >= 0.3 is 0 Å². The van der Waals surface area contributed by atoms with Crippen molar-refractivity contribution < 1.29 is 19.2 Å². The van der Waals surface area contributed by atoms with Crippen molar-refractivity contribution in [3.63, 3.8) is 0 Å². The lowest BCUT2D eigenvalue weighted by Crippen LogP contribution is -2.35. The van der Waals surface area contributed by atoms with Crippen LogP contribution in [0.1, 0.15) is 94.6 Å². The van der Waals surface area contributed by atoms with Crippen LogP contribution in [0.2, 0.25) is 0 Å². The molecule has 1 atom stereocenters. The van der Waals surface area contributed by atoms with Gasteiger partial charge in [-0.2, -0.15) is 0 Å². The van der Waals surface area contributed by atoms with Crippen LogP contribution in [0.4, 0.5) is 0 Å². The number of aromatic nitrogens is 1. The minimum Gasteiger partial charge on any atom is -0.508 e. The molecule has 7 heteroatoms. The molecule has 1 unspecified atom stereocenters. The van der Waals surface area contributed by atoms with Crippen molar-refractivity contribution in [2.24, 2.45) is 5.92 Å². The van der Waals surface area contributed by atoms with E-state index in [1.165, 1.54) is 6.42 Å². The van der Waals surface area contributed by atoms with E-state index in [9.17, 15) is 14.7 Å². The summed E-state index contributed by atoms with van der Waals surface area (Å²) in [4.78, 5) is 26.0. The number of hydrogen-bond acceptors (Lipinski definition) is 5. The predicted molar refractivity (Wildman–Crippen MR) is 131 cm³/mol. The highest BCUT2D eigenvalue weighted by atomic mass is 16.5. The Morgan fingerprint density at radius 2 is 1.77 bits per heavy atom. The van der Waals surface area contributed by atoms with Crippen molar-refractivity contribution >= 4 is 11.8 Å². The predicted octanol–water partition coefficient (Wildman–Crippen LogP) is 5.24. The van der Waals surface area contributed by atoms with Crippen LogP contribution < -0.4 is 10.6 Å². The first kappa shape index (κ1) is 23.1. The number of phenolic OH excluding ortho intramolecular Hbond substituents is 1. The third kappa shape index (κ3) is 5.56. The lowest BCUT2D eigenvalue weighted by atomic mass is 9.80. The molecule has 1 heterocycles. The normalized spacial score (nSPS) is 17.0. The van der Waals surface area contributed by atoms with E-state index < -0.39 is 0 Å². The van der Waals surface area contributed by atoms with Crippen molar-refractivity contribution in [2.75, 3.05) is 0 Å². The van der Waals surface area contributed by atoms with E-state index >= 15 is 0 Å². The van der Waals surface area contributed by atoms with Crippen LogP contribution in [-0.4, -0.2) is 22.1 Å². The van der Waals surface area contributed by atoms with Crippen molar-refractivity contribution in [2.45, 2.75) is 63.5 Å². The lowest BCUT2D eigenvalue weighted by molar-refractivity contribution is 0.0903. The molecule has 0 saturated heterocycles. The summed E-state index contributed by atoms with van der Waals surface area (Å²) in [6, 6.07) is 15.9. The van der Waals surface area contributed by atoms with Gasteiger partial charge in [-0.3, -0.25) is 9.59 Å². The highest BCUT2D eigenvalue weighted by Gasteiger charge is 2.31. The Balaban J connectivity index is 1.33. The first-order chi connectivity index (χ1) is 17.1. The number of para-hydroxylation sites is 1. The Bertz CT molecular complexity index is 1190. The zero-order chi connectivity index (χ0) is 24.2. The molecule has 7 nitrogen and oxygen atoms in total. The van der Waals surface area contributed by atoms with E-state index in [1.54, 1.807) is 30.3 Å². The van der Waals surface area contributed by atoms with Crippen molar-refractivity contribution in [3.8, 4) is 5.75 Å². The molecular formula is C28H31N3O4. The molecule has 2 aliphatic carbocycles. The van der Waals surface area contributed by atoms with Gasteiger partial charge < -0.3 is 20.3 Å². The average molecular weight is 474 g/mol. The highest BCUT2D eigenvalue weighted by molar-refractivity contribution is 5.95. The molecule has 1 aromatic heterocycles. The summed E-state index contributed by atoms with van der Waals surface area (Å²) >= 11 is 0. The van der Waals surface area contributed by atoms with E-state index in [-0.39, 0.29) is 30.2 Å². The van der Waals surface area contributed by atoms with Crippen molar-refractivity contribution in [1.82, 2.24) is 15.8 Å². The van der Waals surface area contributed by atoms with E-state index in [0.717, 1.165) is 49.8 Å². The van der Waals surface area contributed by atoms with Crippen molar-refractivity contribution in [3.05, 3.63) is 82.7 Å². The third-order valence-electron chi connectivity index (χ3n) is 7.09. The minimum atomic E-state index is -0.245. The van der Waals surface area contributed by atoms with Gasteiger partial charge in [-0.15, -0.1) is 0 Å². The fourth-order valence-electron chi connectivity index (χ4n) is 4.92. The van der Waals surface area contributed by atoms with Crippen LogP contribution in [0.3, 0.4) is 0 Å². The largest absolute Gasteiger partial charge is 0.508 e. The first-order valence-corrected chi connectivity index (χ1v) is 12.5. The summed E-state index contributed by atoms with van der Waals surface area (Å²) in [5.74, 6) is 1.15. The second-order valence-corrected chi connectivity index (χ2v) is 9.67. The van der Waals surface area contributed by atoms with Gasteiger partial charge in [0.15, 0.2) is 5.69 Å². The van der Waals surface area contributed by atoms with Gasteiger partial charge in [-0.25, -0.2) is 0 Å². The van der Waals surface area contributed by atoms with E-state index in [2.05, 4.69) is 15.8 Å². The summed E-state index contributed by atoms with van der Waals surface area (Å²) in [5.41, 5.74) is 2.39. The van der Waals surface area contributed by atoms with E-state index in [1.807, 2.05) is 24.3 Å². The summed E-state index contributed by atoms with van der Waals surface area (Å²) in [7, 11) is 0. The van der Waals surface area contributed by atoms with E-state index in [4.69, 9.17) is 4.52 Å². The molecule has 35 heavy (non-hydrogen) atoms. The smallest absolute Gasteiger partial charge is 0.273 e. The SMILES string of the molecule is O=C(NCc1ccccc1O)c1cccc(C(NC(=O)c2cc(C3CC3)on2)C2CCCCC2)c1. The maximum absolute atomic E-state index is 13.1. The molecule has 2 fully saturated rings. The van der Waals surface area contributed by atoms with Gasteiger partial charge in [0.2, 0.25) is 0 Å². The van der Waals surface area contributed by atoms with Gasteiger partial charge in [-0.1, -0.05) is 54.8 Å². The molecule has 2 saturated carbocycles. The molecule has 2 amide bonds. The van der Waals surface area contributed by atoms with Crippen LogP contribution >= 0.6 is 0 Å². The molecule has 3 N–H and O–H groups in total. The molecule has 2 aromatic carbocycles. The number of hydrogen-bond donors (Lipinski definition) is 3. The third-order valence-corrected chi connectivity index (χ3v) is 7.09. The second kappa shape index (κ2) is 10.3. The molecule has 182 valence electrons. The highest BCUT2D eigenvalue weighted by Crippen LogP contribution is 2.40. The summed E-state index contributed by atoms with van der Waals surface area (Å²) in [5, 5.41) is 20.0. The minimum absolute atomic E-state index is 0.152. The number of benzene rings is 2. The quantitative estimate of drug-likeness (QED) is 0.415. The topological polar surface area (TPSA) is 104 Å². The van der Waals surface area contributed by atoms with Gasteiger partial charge in [0.05, 0.1) is 6.04 Å². The number of phenols is 1. The maximum atomic E-state index is 13.1. The second-order valence-electron chi connectivity index (χ2n) is 9.67. The van der Waals surface area contributed by atoms with Gasteiger partial charge in [0, 0.05) is 29.7 Å². The Labute approximate surface area is 204 Å². The lowest BCUT2D eigenvalue weighted by Gasteiger charge is -2.31. The van der Waals surface area contributed by atoms with E-state index in [0.29, 0.717) is 28.7 Å². The molecular weight excluding hydrogens is 442 g/mol. The zero-order valence-corrected chi connectivity index (χ0v) is 19.7. The molecule has 0 spiro atoms. The number of nitrogens with zero attached hydrogens (tertiary/aromatic N) is 1. The fourth-order valence-corrected chi connectivity index (χ4v) is 4.92. The number of carbonyl (C=O) groups is 2.